The van der Waals surface area contributed by atoms with E-state index in [1.165, 1.54) is 16.4 Å². The molecule has 0 aliphatic rings. The fourth-order valence-electron chi connectivity index (χ4n) is 3.02. The summed E-state index contributed by atoms with van der Waals surface area (Å²) in [5.74, 6) is 6.65. The summed E-state index contributed by atoms with van der Waals surface area (Å²) in [6.07, 6.45) is 0.846. The number of hydrogen-bond acceptors (Lipinski definition) is 6. The van der Waals surface area contributed by atoms with Crippen LogP contribution in [0.5, 0.6) is 0 Å². The fourth-order valence-corrected chi connectivity index (χ4v) is 3.68. The van der Waals surface area contributed by atoms with E-state index < -0.39 is 0 Å². The number of benzene rings is 2. The van der Waals surface area contributed by atoms with Crippen molar-refractivity contribution in [1.29, 1.82) is 0 Å². The van der Waals surface area contributed by atoms with Gasteiger partial charge < -0.3 is 11.2 Å². The summed E-state index contributed by atoms with van der Waals surface area (Å²) in [5.41, 5.74) is 4.34. The van der Waals surface area contributed by atoms with Crippen LogP contribution < -0.4 is 11.2 Å². The molecule has 0 aliphatic heterocycles. The monoisotopic (exact) mass is 419 g/mol. The molecule has 0 aliphatic carbocycles. The molecule has 0 atom stereocenters. The van der Waals surface area contributed by atoms with Crippen LogP contribution >= 0.6 is 11.8 Å². The summed E-state index contributed by atoms with van der Waals surface area (Å²) in [7, 11) is 0. The Morgan fingerprint density at radius 3 is 2.70 bits per heavy atom. The first-order valence-electron chi connectivity index (χ1n) is 9.48. The van der Waals surface area contributed by atoms with Crippen LogP contribution in [0.3, 0.4) is 0 Å². The lowest BCUT2D eigenvalue weighted by atomic mass is 10.1. The van der Waals surface area contributed by atoms with Gasteiger partial charge in [0.25, 0.3) is 0 Å². The largest absolute Gasteiger partial charge is 0.335 e. The molecule has 2 aromatic heterocycles. The number of amides is 1. The van der Waals surface area contributed by atoms with Crippen LogP contribution in [0.4, 0.5) is 5.69 Å². The lowest BCUT2D eigenvalue weighted by Gasteiger charge is -2.09. The molecule has 2 aromatic carbocycles. The van der Waals surface area contributed by atoms with Gasteiger partial charge in [0, 0.05) is 11.3 Å². The minimum absolute atomic E-state index is 0.127. The summed E-state index contributed by atoms with van der Waals surface area (Å²) < 4.78 is 1.36. The number of H-pyrrole nitrogens is 1. The molecule has 0 saturated carbocycles. The van der Waals surface area contributed by atoms with Gasteiger partial charge in [-0.1, -0.05) is 67.2 Å². The molecule has 0 spiro atoms. The summed E-state index contributed by atoms with van der Waals surface area (Å²) in [6.45, 7) is 2.05. The number of nitrogens with zero attached hydrogens (tertiary/aromatic N) is 4. The first kappa shape index (κ1) is 19.7. The maximum Gasteiger partial charge on any atom is 0.234 e. The molecule has 4 aromatic rings. The average molecular weight is 420 g/mol. The van der Waals surface area contributed by atoms with Gasteiger partial charge in [-0.05, 0) is 24.1 Å². The molecule has 0 saturated heterocycles. The van der Waals surface area contributed by atoms with Gasteiger partial charge in [0.15, 0.2) is 0 Å². The van der Waals surface area contributed by atoms with Crippen LogP contribution in [0, 0.1) is 0 Å². The quantitative estimate of drug-likeness (QED) is 0.313. The lowest BCUT2D eigenvalue weighted by molar-refractivity contribution is -0.113. The highest BCUT2D eigenvalue weighted by atomic mass is 32.2. The number of nitrogen functional groups attached to an aromatic ring is 1. The molecule has 4 N–H and O–H groups in total. The van der Waals surface area contributed by atoms with Gasteiger partial charge in [0.2, 0.25) is 16.9 Å². The molecule has 2 heterocycles. The number of aromatic amines is 1. The van der Waals surface area contributed by atoms with Crippen molar-refractivity contribution < 1.29 is 4.79 Å². The highest BCUT2D eigenvalue weighted by Gasteiger charge is 2.16. The van der Waals surface area contributed by atoms with Crippen molar-refractivity contribution in [3.63, 3.8) is 0 Å². The number of thioether (sulfide) groups is 1. The van der Waals surface area contributed by atoms with E-state index in [1.807, 2.05) is 60.7 Å². The molecule has 4 rings (SSSR count). The van der Waals surface area contributed by atoms with Gasteiger partial charge in [-0.3, -0.25) is 9.89 Å². The predicted molar refractivity (Wildman–Crippen MR) is 118 cm³/mol. The van der Waals surface area contributed by atoms with E-state index in [0.717, 1.165) is 28.9 Å². The Bertz CT molecular complexity index is 1150. The third kappa shape index (κ3) is 4.20. The van der Waals surface area contributed by atoms with E-state index >= 15 is 0 Å². The molecule has 0 bridgehead atoms. The van der Waals surface area contributed by atoms with Crippen LogP contribution in [0.2, 0.25) is 0 Å². The standard InChI is InChI=1S/C21H21N7OS/c1-2-14-8-6-7-11-16(14)23-19(29)13-30-21-27-26-20(28(21)22)18-12-17(24-25-18)15-9-4-3-5-10-15/h3-12H,2,13,22H2,1H3,(H,23,29)(H,24,25). The zero-order chi connectivity index (χ0) is 20.9. The smallest absolute Gasteiger partial charge is 0.234 e. The Hall–Kier alpha value is -3.59. The maximum absolute atomic E-state index is 12.4. The number of nitrogens with two attached hydrogens (primary N) is 1. The number of aromatic nitrogens is 5. The Morgan fingerprint density at radius 1 is 1.13 bits per heavy atom. The van der Waals surface area contributed by atoms with Gasteiger partial charge in [-0.25, -0.2) is 4.68 Å². The Kier molecular flexibility index (Phi) is 5.80. The van der Waals surface area contributed by atoms with Crippen molar-refractivity contribution in [2.45, 2.75) is 18.5 Å². The molecule has 0 unspecified atom stereocenters. The predicted octanol–water partition coefficient (Wildman–Crippen LogP) is 3.34. The third-order valence-electron chi connectivity index (χ3n) is 4.56. The molecule has 30 heavy (non-hydrogen) atoms. The second-order valence-corrected chi connectivity index (χ2v) is 7.50. The van der Waals surface area contributed by atoms with Crippen LogP contribution in [-0.4, -0.2) is 36.7 Å². The lowest BCUT2D eigenvalue weighted by Crippen LogP contribution is -2.17. The zero-order valence-electron chi connectivity index (χ0n) is 16.4. The summed E-state index contributed by atoms with van der Waals surface area (Å²) in [5, 5.41) is 18.9. The Morgan fingerprint density at radius 2 is 1.90 bits per heavy atom. The molecule has 0 radical (unpaired) electrons. The van der Waals surface area contributed by atoms with Crippen molar-refractivity contribution in [1.82, 2.24) is 25.1 Å². The third-order valence-corrected chi connectivity index (χ3v) is 5.50. The number of rotatable bonds is 7. The molecule has 8 nitrogen and oxygen atoms in total. The normalized spacial score (nSPS) is 10.8. The average Bonchev–Trinajstić information content (AvgIpc) is 3.40. The van der Waals surface area contributed by atoms with E-state index in [9.17, 15) is 4.79 Å². The molecule has 152 valence electrons. The van der Waals surface area contributed by atoms with Gasteiger partial charge in [0.05, 0.1) is 11.4 Å². The second-order valence-electron chi connectivity index (χ2n) is 6.56. The topological polar surface area (TPSA) is 115 Å². The molecular weight excluding hydrogens is 398 g/mol. The van der Waals surface area contributed by atoms with Crippen molar-refractivity contribution >= 4 is 23.4 Å². The van der Waals surface area contributed by atoms with E-state index in [1.54, 1.807) is 0 Å². The number of anilines is 1. The van der Waals surface area contributed by atoms with Crippen LogP contribution in [0.15, 0.2) is 65.8 Å². The molecule has 0 fully saturated rings. The Labute approximate surface area is 177 Å². The first-order valence-corrected chi connectivity index (χ1v) is 10.5. The summed E-state index contributed by atoms with van der Waals surface area (Å²) >= 11 is 1.22. The molecule has 1 amide bonds. The van der Waals surface area contributed by atoms with Crippen molar-refractivity contribution in [3.05, 3.63) is 66.2 Å². The number of para-hydroxylation sites is 1. The maximum atomic E-state index is 12.4. The minimum Gasteiger partial charge on any atom is -0.335 e. The summed E-state index contributed by atoms with van der Waals surface area (Å²) in [4.78, 5) is 12.4. The van der Waals surface area contributed by atoms with E-state index in [2.05, 4.69) is 32.6 Å². The number of hydrogen-bond donors (Lipinski definition) is 3. The minimum atomic E-state index is -0.127. The number of nitrogens with one attached hydrogen (secondary N) is 2. The van der Waals surface area contributed by atoms with E-state index in [0.29, 0.717) is 16.7 Å². The highest BCUT2D eigenvalue weighted by molar-refractivity contribution is 7.99. The van der Waals surface area contributed by atoms with E-state index in [-0.39, 0.29) is 11.7 Å². The van der Waals surface area contributed by atoms with Gasteiger partial charge >= 0.3 is 0 Å². The van der Waals surface area contributed by atoms with Crippen molar-refractivity contribution in [3.8, 4) is 22.8 Å². The number of carbonyl (C=O) groups excluding carboxylic acids is 1. The molecule has 9 heteroatoms. The number of aryl methyl sites for hydroxylation is 1. The molecular formula is C21H21N7OS. The van der Waals surface area contributed by atoms with E-state index in [4.69, 9.17) is 5.84 Å². The SMILES string of the molecule is CCc1ccccc1NC(=O)CSc1nnc(-c2cc(-c3ccccc3)n[nH]2)n1N. The first-order chi connectivity index (χ1) is 14.7. The second kappa shape index (κ2) is 8.83. The van der Waals surface area contributed by atoms with Gasteiger partial charge in [-0.2, -0.15) is 5.10 Å². The Balaban J connectivity index is 1.43. The number of carbonyl (C=O) groups is 1. The summed E-state index contributed by atoms with van der Waals surface area (Å²) in [6, 6.07) is 19.4. The fraction of sp³-hybridized carbons (Fsp3) is 0.143. The van der Waals surface area contributed by atoms with Crippen LogP contribution in [0.1, 0.15) is 12.5 Å². The van der Waals surface area contributed by atoms with Crippen molar-refractivity contribution in [2.75, 3.05) is 16.9 Å². The van der Waals surface area contributed by atoms with Gasteiger partial charge in [0.1, 0.15) is 5.69 Å². The van der Waals surface area contributed by atoms with Crippen LogP contribution in [0.25, 0.3) is 22.8 Å². The van der Waals surface area contributed by atoms with Gasteiger partial charge in [-0.15, -0.1) is 10.2 Å². The van der Waals surface area contributed by atoms with Crippen LogP contribution in [-0.2, 0) is 11.2 Å². The zero-order valence-corrected chi connectivity index (χ0v) is 17.2. The highest BCUT2D eigenvalue weighted by Crippen LogP contribution is 2.24. The van der Waals surface area contributed by atoms with Crippen molar-refractivity contribution in [2.24, 2.45) is 0 Å².